The maximum absolute atomic E-state index is 13.1. The van der Waals surface area contributed by atoms with Crippen molar-refractivity contribution < 1.29 is 9.53 Å². The van der Waals surface area contributed by atoms with Crippen LogP contribution in [0.2, 0.25) is 0 Å². The van der Waals surface area contributed by atoms with Gasteiger partial charge in [0.05, 0.1) is 30.8 Å². The normalized spacial score (nSPS) is 14.1. The largest absolute Gasteiger partial charge is 0.379 e. The molecule has 0 radical (unpaired) electrons. The van der Waals surface area contributed by atoms with Gasteiger partial charge in [-0.25, -0.2) is 0 Å². The van der Waals surface area contributed by atoms with Crippen molar-refractivity contribution in [3.8, 4) is 11.1 Å². The summed E-state index contributed by atoms with van der Waals surface area (Å²) in [7, 11) is 0. The molecule has 176 valence electrons. The summed E-state index contributed by atoms with van der Waals surface area (Å²) in [6.45, 7) is 5.09. The first kappa shape index (κ1) is 24.1. The maximum Gasteiger partial charge on any atom is 0.203 e. The lowest BCUT2D eigenvalue weighted by Crippen LogP contribution is -2.39. The molecule has 6 nitrogen and oxygen atoms in total. The maximum atomic E-state index is 13.1. The molecule has 0 aliphatic carbocycles. The van der Waals surface area contributed by atoms with Crippen LogP contribution in [0.5, 0.6) is 0 Å². The molecule has 1 aliphatic heterocycles. The van der Waals surface area contributed by atoms with Gasteiger partial charge in [-0.05, 0) is 23.3 Å². The first-order chi connectivity index (χ1) is 16.2. The van der Waals surface area contributed by atoms with E-state index in [0.717, 1.165) is 55.0 Å². The van der Waals surface area contributed by atoms with Gasteiger partial charge in [-0.15, -0.1) is 17.0 Å². The number of morpholine rings is 1. The topological polar surface area (TPSA) is 63.2 Å². The van der Waals surface area contributed by atoms with Gasteiger partial charge >= 0.3 is 0 Å². The summed E-state index contributed by atoms with van der Waals surface area (Å²) in [5.74, 6) is 0.00388. The van der Waals surface area contributed by atoms with Crippen LogP contribution in [0, 0.1) is 5.41 Å². The Bertz CT molecular complexity index is 1310. The molecule has 1 fully saturated rings. The highest BCUT2D eigenvalue weighted by molar-refractivity contribution is 8.93. The van der Waals surface area contributed by atoms with Crippen molar-refractivity contribution in [2.45, 2.75) is 13.1 Å². The number of ether oxygens (including phenoxy) is 1. The van der Waals surface area contributed by atoms with Crippen LogP contribution in [0.25, 0.3) is 22.2 Å². The Morgan fingerprint density at radius 2 is 1.35 bits per heavy atom. The third-order valence-electron chi connectivity index (χ3n) is 6.33. The zero-order chi connectivity index (χ0) is 22.6. The van der Waals surface area contributed by atoms with E-state index in [1.54, 1.807) is 0 Å². The lowest BCUT2D eigenvalue weighted by atomic mass is 10.0. The summed E-state index contributed by atoms with van der Waals surface area (Å²) in [5, 5.41) is 8.82. The summed E-state index contributed by atoms with van der Waals surface area (Å²) in [6, 6.07) is 25.8. The van der Waals surface area contributed by atoms with E-state index >= 15 is 0 Å². The molecule has 1 N–H and O–H groups in total. The van der Waals surface area contributed by atoms with Crippen LogP contribution in [0.15, 0.2) is 78.9 Å². The third-order valence-corrected chi connectivity index (χ3v) is 6.33. The molecule has 1 saturated heterocycles. The molecule has 7 heteroatoms. The molecular formula is C27H29BrN4O2. The monoisotopic (exact) mass is 520 g/mol. The molecule has 0 bridgehead atoms. The van der Waals surface area contributed by atoms with Crippen molar-refractivity contribution in [3.05, 3.63) is 90.0 Å². The number of aromatic nitrogens is 2. The van der Waals surface area contributed by atoms with Gasteiger partial charge in [0.2, 0.25) is 5.62 Å². The number of imidazole rings is 1. The van der Waals surface area contributed by atoms with Crippen LogP contribution in [0.3, 0.4) is 0 Å². The molecule has 0 saturated carbocycles. The minimum atomic E-state index is 0. The predicted molar refractivity (Wildman–Crippen MR) is 140 cm³/mol. The lowest BCUT2D eigenvalue weighted by Gasteiger charge is -2.26. The summed E-state index contributed by atoms with van der Waals surface area (Å²) < 4.78 is 9.27. The second kappa shape index (κ2) is 11.0. The number of rotatable bonds is 7. The van der Waals surface area contributed by atoms with Crippen LogP contribution in [-0.2, 0) is 17.8 Å². The van der Waals surface area contributed by atoms with Crippen LogP contribution in [0.1, 0.15) is 10.4 Å². The number of halogens is 1. The zero-order valence-electron chi connectivity index (χ0n) is 19.0. The Balaban J connectivity index is 0.00000274. The molecule has 3 aromatic carbocycles. The lowest BCUT2D eigenvalue weighted by molar-refractivity contribution is 0.0363. The number of fused-ring (bicyclic) bond motifs is 1. The van der Waals surface area contributed by atoms with Gasteiger partial charge in [0.1, 0.15) is 0 Å². The molecular weight excluding hydrogens is 492 g/mol. The van der Waals surface area contributed by atoms with Gasteiger partial charge in [0, 0.05) is 31.7 Å². The summed E-state index contributed by atoms with van der Waals surface area (Å²) in [4.78, 5) is 15.5. The molecule has 4 aromatic rings. The van der Waals surface area contributed by atoms with Gasteiger partial charge in [-0.1, -0.05) is 66.7 Å². The van der Waals surface area contributed by atoms with E-state index in [1.165, 1.54) is 0 Å². The Hall–Kier alpha value is -3.00. The average molecular weight is 521 g/mol. The van der Waals surface area contributed by atoms with E-state index in [-0.39, 0.29) is 29.3 Å². The highest BCUT2D eigenvalue weighted by atomic mass is 79.9. The number of carbonyl (C=O) groups excluding carboxylic acids is 1. The fraction of sp³-hybridized carbons (Fsp3) is 0.259. The van der Waals surface area contributed by atoms with E-state index in [2.05, 4.69) is 17.0 Å². The molecule has 1 aromatic heterocycles. The van der Waals surface area contributed by atoms with E-state index in [4.69, 9.17) is 10.1 Å². The number of para-hydroxylation sites is 2. The minimum absolute atomic E-state index is 0. The molecule has 1 aliphatic rings. The minimum Gasteiger partial charge on any atom is -0.379 e. The smallest absolute Gasteiger partial charge is 0.203 e. The Morgan fingerprint density at radius 1 is 0.765 bits per heavy atom. The van der Waals surface area contributed by atoms with Gasteiger partial charge < -0.3 is 13.9 Å². The molecule has 5 rings (SSSR count). The molecule has 0 spiro atoms. The Labute approximate surface area is 209 Å². The van der Waals surface area contributed by atoms with Crippen molar-refractivity contribution in [2.24, 2.45) is 0 Å². The summed E-state index contributed by atoms with van der Waals surface area (Å²) in [5.41, 5.74) is 5.13. The van der Waals surface area contributed by atoms with Crippen molar-refractivity contribution >= 4 is 33.8 Å². The summed E-state index contributed by atoms with van der Waals surface area (Å²) >= 11 is 0. The van der Waals surface area contributed by atoms with Crippen LogP contribution >= 0.6 is 17.0 Å². The first-order valence-electron chi connectivity index (χ1n) is 11.4. The molecule has 0 unspecified atom stereocenters. The van der Waals surface area contributed by atoms with E-state index < -0.39 is 0 Å². The number of benzene rings is 3. The number of hydrogen-bond acceptors (Lipinski definition) is 4. The molecule has 34 heavy (non-hydrogen) atoms. The van der Waals surface area contributed by atoms with Crippen molar-refractivity contribution in [1.29, 1.82) is 5.41 Å². The number of carbonyl (C=O) groups is 1. The second-order valence-corrected chi connectivity index (χ2v) is 8.37. The van der Waals surface area contributed by atoms with E-state index in [0.29, 0.717) is 17.7 Å². The fourth-order valence-corrected chi connectivity index (χ4v) is 4.46. The highest BCUT2D eigenvalue weighted by Crippen LogP contribution is 2.20. The molecule has 2 heterocycles. The molecule has 0 amide bonds. The quantitative estimate of drug-likeness (QED) is 0.367. The third kappa shape index (κ3) is 5.06. The van der Waals surface area contributed by atoms with Crippen LogP contribution < -0.4 is 5.62 Å². The van der Waals surface area contributed by atoms with Crippen LogP contribution in [0.4, 0.5) is 0 Å². The van der Waals surface area contributed by atoms with E-state index in [1.807, 2.05) is 75.9 Å². The number of nitrogens with one attached hydrogen (secondary N) is 1. The summed E-state index contributed by atoms with van der Waals surface area (Å²) in [6.07, 6.45) is 0. The highest BCUT2D eigenvalue weighted by Gasteiger charge is 2.16. The zero-order valence-corrected chi connectivity index (χ0v) is 20.7. The van der Waals surface area contributed by atoms with E-state index in [9.17, 15) is 4.79 Å². The van der Waals surface area contributed by atoms with Gasteiger partial charge in [0.15, 0.2) is 5.78 Å². The number of hydrogen-bond donors (Lipinski definition) is 1. The second-order valence-electron chi connectivity index (χ2n) is 8.37. The number of nitrogens with zero attached hydrogens (tertiary/aromatic N) is 3. The number of ketones is 1. The van der Waals surface area contributed by atoms with Gasteiger partial charge in [-0.2, -0.15) is 0 Å². The van der Waals surface area contributed by atoms with Gasteiger partial charge in [-0.3, -0.25) is 15.1 Å². The Morgan fingerprint density at radius 3 is 2.03 bits per heavy atom. The fourth-order valence-electron chi connectivity index (χ4n) is 4.46. The first-order valence-corrected chi connectivity index (χ1v) is 11.4. The predicted octanol–water partition coefficient (Wildman–Crippen LogP) is 4.38. The van der Waals surface area contributed by atoms with Crippen molar-refractivity contribution in [1.82, 2.24) is 14.0 Å². The molecule has 0 atom stereocenters. The Kier molecular flexibility index (Phi) is 7.77. The SMILES string of the molecule is Br.N=c1n(CCN2CCOCC2)c2ccccc2n1CC(=O)c1ccc(-c2ccccc2)cc1. The van der Waals surface area contributed by atoms with Crippen molar-refractivity contribution in [2.75, 3.05) is 32.8 Å². The van der Waals surface area contributed by atoms with Crippen LogP contribution in [-0.4, -0.2) is 52.7 Å². The number of Topliss-reactive ketones (excluding diaryl/α,β-unsaturated/α-hetero) is 1. The standard InChI is InChI=1S/C27H28N4O2.BrH/c28-27-30(15-14-29-16-18-33-19-17-29)24-8-4-5-9-25(24)31(27)20-26(32)23-12-10-22(11-13-23)21-6-2-1-3-7-21;/h1-13,28H,14-20H2;1H. The van der Waals surface area contributed by atoms with Crippen molar-refractivity contribution in [3.63, 3.8) is 0 Å². The van der Waals surface area contributed by atoms with Gasteiger partial charge in [0.25, 0.3) is 0 Å². The average Bonchev–Trinajstić information content (AvgIpc) is 3.14.